The minimum absolute atomic E-state index is 0.332. The summed E-state index contributed by atoms with van der Waals surface area (Å²) in [5.74, 6) is -2.55. The molecule has 0 fully saturated rings. The normalized spacial score (nSPS) is 15.1. The molecule has 106 valence electrons. The molecule has 0 aromatic carbocycles. The van der Waals surface area contributed by atoms with Crippen molar-refractivity contribution in [1.82, 2.24) is 0 Å². The van der Waals surface area contributed by atoms with E-state index < -0.39 is 36.1 Å². The second-order valence-electron chi connectivity index (χ2n) is 5.33. The average Bonchev–Trinajstić information content (AvgIpc) is 2.14. The maximum Gasteiger partial charge on any atom is 0.324 e. The molecular weight excluding hydrogens is 238 g/mol. The monoisotopic (exact) mass is 261 g/mol. The van der Waals surface area contributed by atoms with Gasteiger partial charge in [0.1, 0.15) is 17.6 Å². The predicted octanol–water partition coefficient (Wildman–Crippen LogP) is 0.216. The van der Waals surface area contributed by atoms with E-state index in [4.69, 9.17) is 20.3 Å². The van der Waals surface area contributed by atoms with Gasteiger partial charge >= 0.3 is 11.9 Å². The molecule has 2 atom stereocenters. The summed E-state index contributed by atoms with van der Waals surface area (Å²) >= 11 is 0. The number of ether oxygens (including phenoxy) is 2. The first-order chi connectivity index (χ1) is 8.08. The third-order valence-electron chi connectivity index (χ3n) is 1.96. The summed E-state index contributed by atoms with van der Waals surface area (Å²) < 4.78 is 9.97. The van der Waals surface area contributed by atoms with Crippen LogP contribution in [0.1, 0.15) is 34.6 Å². The number of carbonyl (C=O) groups excluding carboxylic acids is 2. The molecule has 0 aliphatic rings. The Hall–Kier alpha value is -1.14. The Kier molecular flexibility index (Phi) is 6.28. The molecule has 1 unspecified atom stereocenters. The molecule has 18 heavy (non-hydrogen) atoms. The standard InChI is InChI=1S/C12H23NO5/c1-7(2)17-11(16)9(13)8(6-14)10(15)18-12(3,4)5/h7-9,14H,6,13H2,1-5H3/t8?,9-/m0/s1. The van der Waals surface area contributed by atoms with E-state index in [2.05, 4.69) is 0 Å². The predicted molar refractivity (Wildman–Crippen MR) is 65.6 cm³/mol. The third-order valence-corrected chi connectivity index (χ3v) is 1.96. The fourth-order valence-electron chi connectivity index (χ4n) is 1.19. The molecule has 0 aromatic heterocycles. The zero-order valence-corrected chi connectivity index (χ0v) is 11.6. The first-order valence-corrected chi connectivity index (χ1v) is 5.88. The van der Waals surface area contributed by atoms with Crippen molar-refractivity contribution in [3.05, 3.63) is 0 Å². The van der Waals surface area contributed by atoms with Gasteiger partial charge in [0.25, 0.3) is 0 Å². The first-order valence-electron chi connectivity index (χ1n) is 5.88. The fourth-order valence-corrected chi connectivity index (χ4v) is 1.19. The lowest BCUT2D eigenvalue weighted by molar-refractivity contribution is -0.167. The molecule has 0 aromatic rings. The summed E-state index contributed by atoms with van der Waals surface area (Å²) in [6.07, 6.45) is -0.332. The van der Waals surface area contributed by atoms with Gasteiger partial charge in [-0.1, -0.05) is 0 Å². The quantitative estimate of drug-likeness (QED) is 0.687. The Morgan fingerprint density at radius 3 is 2.06 bits per heavy atom. The van der Waals surface area contributed by atoms with Crippen molar-refractivity contribution in [2.24, 2.45) is 11.7 Å². The molecule has 6 nitrogen and oxygen atoms in total. The second kappa shape index (κ2) is 6.70. The SMILES string of the molecule is CC(C)OC(=O)[C@@H](N)C(CO)C(=O)OC(C)(C)C. The van der Waals surface area contributed by atoms with Crippen LogP contribution >= 0.6 is 0 Å². The number of rotatable bonds is 5. The lowest BCUT2D eigenvalue weighted by Gasteiger charge is -2.25. The van der Waals surface area contributed by atoms with Crippen LogP contribution in [0.25, 0.3) is 0 Å². The van der Waals surface area contributed by atoms with Crippen molar-refractivity contribution < 1.29 is 24.2 Å². The van der Waals surface area contributed by atoms with Crippen molar-refractivity contribution in [3.63, 3.8) is 0 Å². The van der Waals surface area contributed by atoms with Gasteiger partial charge in [-0.05, 0) is 34.6 Å². The maximum absolute atomic E-state index is 11.8. The Morgan fingerprint density at radius 1 is 1.22 bits per heavy atom. The van der Waals surface area contributed by atoms with Gasteiger partial charge in [-0.15, -0.1) is 0 Å². The van der Waals surface area contributed by atoms with Gasteiger partial charge in [-0.2, -0.15) is 0 Å². The summed E-state index contributed by atoms with van der Waals surface area (Å²) in [4.78, 5) is 23.3. The molecular formula is C12H23NO5. The lowest BCUT2D eigenvalue weighted by Crippen LogP contribution is -2.47. The molecule has 0 radical (unpaired) electrons. The number of hydrogen-bond donors (Lipinski definition) is 2. The van der Waals surface area contributed by atoms with Crippen molar-refractivity contribution in [2.45, 2.75) is 52.4 Å². The molecule has 3 N–H and O–H groups in total. The summed E-state index contributed by atoms with van der Waals surface area (Å²) in [5, 5.41) is 9.16. The number of aliphatic hydroxyl groups is 1. The topological polar surface area (TPSA) is 98.9 Å². The van der Waals surface area contributed by atoms with Crippen LogP contribution in [0, 0.1) is 5.92 Å². The summed E-state index contributed by atoms with van der Waals surface area (Å²) in [6.45, 7) is 7.85. The second-order valence-corrected chi connectivity index (χ2v) is 5.33. The molecule has 0 aliphatic carbocycles. The van der Waals surface area contributed by atoms with E-state index in [1.54, 1.807) is 34.6 Å². The number of aliphatic hydroxyl groups excluding tert-OH is 1. The van der Waals surface area contributed by atoms with Gasteiger partial charge in [0.15, 0.2) is 0 Å². The van der Waals surface area contributed by atoms with Crippen molar-refractivity contribution in [3.8, 4) is 0 Å². The summed E-state index contributed by atoms with van der Waals surface area (Å²) in [6, 6.07) is -1.23. The third kappa shape index (κ3) is 5.97. The van der Waals surface area contributed by atoms with Crippen LogP contribution < -0.4 is 5.73 Å². The minimum atomic E-state index is -1.23. The van der Waals surface area contributed by atoms with Crippen LogP contribution in [0.4, 0.5) is 0 Å². The molecule has 0 saturated heterocycles. The van der Waals surface area contributed by atoms with Crippen LogP contribution in [-0.4, -0.2) is 41.4 Å². The van der Waals surface area contributed by atoms with Gasteiger partial charge in [-0.3, -0.25) is 9.59 Å². The molecule has 0 heterocycles. The number of esters is 2. The Labute approximate surface area is 107 Å². The van der Waals surface area contributed by atoms with Crippen LogP contribution in [0.2, 0.25) is 0 Å². The number of carbonyl (C=O) groups is 2. The van der Waals surface area contributed by atoms with Gasteiger partial charge < -0.3 is 20.3 Å². The highest BCUT2D eigenvalue weighted by atomic mass is 16.6. The molecule has 0 amide bonds. The van der Waals surface area contributed by atoms with Gasteiger partial charge in [0.2, 0.25) is 0 Å². The Bertz CT molecular complexity index is 295. The molecule has 0 saturated carbocycles. The molecule has 0 bridgehead atoms. The van der Waals surface area contributed by atoms with Crippen LogP contribution in [0.5, 0.6) is 0 Å². The van der Waals surface area contributed by atoms with E-state index >= 15 is 0 Å². The fraction of sp³-hybridized carbons (Fsp3) is 0.833. The smallest absolute Gasteiger partial charge is 0.324 e. The molecule has 0 aliphatic heterocycles. The van der Waals surface area contributed by atoms with Crippen LogP contribution in [-0.2, 0) is 19.1 Å². The number of nitrogens with two attached hydrogens (primary N) is 1. The van der Waals surface area contributed by atoms with Gasteiger partial charge in [0, 0.05) is 0 Å². The molecule has 0 rings (SSSR count). The summed E-state index contributed by atoms with van der Waals surface area (Å²) in [5.41, 5.74) is 4.90. The maximum atomic E-state index is 11.8. The van der Waals surface area contributed by atoms with Crippen molar-refractivity contribution in [1.29, 1.82) is 0 Å². The molecule has 6 heteroatoms. The minimum Gasteiger partial charge on any atom is -0.462 e. The zero-order chi connectivity index (χ0) is 14.5. The van der Waals surface area contributed by atoms with E-state index in [0.717, 1.165) is 0 Å². The van der Waals surface area contributed by atoms with E-state index in [-0.39, 0.29) is 6.10 Å². The highest BCUT2D eigenvalue weighted by Crippen LogP contribution is 2.14. The summed E-state index contributed by atoms with van der Waals surface area (Å²) in [7, 11) is 0. The highest BCUT2D eigenvalue weighted by Gasteiger charge is 2.35. The van der Waals surface area contributed by atoms with Crippen molar-refractivity contribution in [2.75, 3.05) is 6.61 Å². The van der Waals surface area contributed by atoms with E-state index in [0.29, 0.717) is 0 Å². The highest BCUT2D eigenvalue weighted by molar-refractivity contribution is 5.84. The van der Waals surface area contributed by atoms with E-state index in [9.17, 15) is 9.59 Å². The van der Waals surface area contributed by atoms with Gasteiger partial charge in [0.05, 0.1) is 12.7 Å². The lowest BCUT2D eigenvalue weighted by atomic mass is 10.0. The zero-order valence-electron chi connectivity index (χ0n) is 11.6. The van der Waals surface area contributed by atoms with Gasteiger partial charge in [-0.25, -0.2) is 0 Å². The first kappa shape index (κ1) is 16.9. The van der Waals surface area contributed by atoms with Crippen LogP contribution in [0.15, 0.2) is 0 Å². The average molecular weight is 261 g/mol. The Balaban J connectivity index is 4.66. The van der Waals surface area contributed by atoms with Crippen LogP contribution in [0.3, 0.4) is 0 Å². The van der Waals surface area contributed by atoms with E-state index in [1.807, 2.05) is 0 Å². The van der Waals surface area contributed by atoms with E-state index in [1.165, 1.54) is 0 Å². The van der Waals surface area contributed by atoms with Crippen molar-refractivity contribution >= 4 is 11.9 Å². The number of hydrogen-bond acceptors (Lipinski definition) is 6. The largest absolute Gasteiger partial charge is 0.462 e. The Morgan fingerprint density at radius 2 is 1.72 bits per heavy atom. The molecule has 0 spiro atoms.